The van der Waals surface area contributed by atoms with E-state index in [1.165, 1.54) is 11.1 Å². The van der Waals surface area contributed by atoms with Gasteiger partial charge in [-0.05, 0) is 65.5 Å². The molecule has 0 bridgehead atoms. The van der Waals surface area contributed by atoms with Crippen molar-refractivity contribution < 1.29 is 49.2 Å². The summed E-state index contributed by atoms with van der Waals surface area (Å²) in [6, 6.07) is 0. The van der Waals surface area contributed by atoms with Crippen LogP contribution in [0.25, 0.3) is 0 Å². The minimum absolute atomic E-state index is 0. The molecule has 1 aliphatic rings. The Morgan fingerprint density at radius 1 is 0.696 bits per heavy atom. The molecule has 0 saturated carbocycles. The van der Waals surface area contributed by atoms with Crippen LogP contribution in [0.15, 0.2) is 22.3 Å². The van der Waals surface area contributed by atoms with Crippen molar-refractivity contribution in [1.82, 2.24) is 0 Å². The van der Waals surface area contributed by atoms with Crippen molar-refractivity contribution in [2.75, 3.05) is 0 Å². The van der Waals surface area contributed by atoms with E-state index < -0.39 is 17.9 Å². The summed E-state index contributed by atoms with van der Waals surface area (Å²) < 4.78 is 0. The molecule has 7 heteroatoms. The first-order valence-electron chi connectivity index (χ1n) is 6.63. The SMILES string of the molecule is CC(=O)[O-].CC(=O)[O-].CC(=O)[O-].CC1=C(C)C(C)C(C)=C1C.[Rh+3]. The van der Waals surface area contributed by atoms with E-state index in [4.69, 9.17) is 29.7 Å². The van der Waals surface area contributed by atoms with Crippen molar-refractivity contribution in [2.24, 2.45) is 5.92 Å². The number of carboxylic acid groups (broad SMARTS) is 3. The molecule has 0 radical (unpaired) electrons. The molecule has 0 aromatic heterocycles. The molecular formula is C16H25O6Rh. The smallest absolute Gasteiger partial charge is 0.550 e. The number of carbonyl (C=O) groups excluding carboxylic acids is 3. The Morgan fingerprint density at radius 2 is 0.826 bits per heavy atom. The quantitative estimate of drug-likeness (QED) is 0.495. The Labute approximate surface area is 151 Å². The maximum Gasteiger partial charge on any atom is 3.00 e. The van der Waals surface area contributed by atoms with Gasteiger partial charge in [-0.1, -0.05) is 18.1 Å². The van der Waals surface area contributed by atoms with Crippen LogP contribution in [0, 0.1) is 5.92 Å². The van der Waals surface area contributed by atoms with E-state index in [1.54, 1.807) is 11.1 Å². The number of carbonyl (C=O) groups is 3. The third kappa shape index (κ3) is 20.5. The van der Waals surface area contributed by atoms with Gasteiger partial charge in [0.15, 0.2) is 0 Å². The first-order chi connectivity index (χ1) is 9.75. The summed E-state index contributed by atoms with van der Waals surface area (Å²) in [6.45, 7) is 14.1. The van der Waals surface area contributed by atoms with Gasteiger partial charge in [-0.2, -0.15) is 0 Å². The summed E-state index contributed by atoms with van der Waals surface area (Å²) in [6.07, 6.45) is 0. The fourth-order valence-electron chi connectivity index (χ4n) is 1.57. The summed E-state index contributed by atoms with van der Waals surface area (Å²) >= 11 is 0. The van der Waals surface area contributed by atoms with Crippen molar-refractivity contribution in [3.8, 4) is 0 Å². The first-order valence-corrected chi connectivity index (χ1v) is 6.63. The molecule has 0 spiro atoms. The van der Waals surface area contributed by atoms with Crippen LogP contribution >= 0.6 is 0 Å². The molecule has 134 valence electrons. The third-order valence-electron chi connectivity index (χ3n) is 3.04. The van der Waals surface area contributed by atoms with Crippen LogP contribution in [0.1, 0.15) is 55.4 Å². The number of rotatable bonds is 0. The third-order valence-corrected chi connectivity index (χ3v) is 3.04. The minimum atomic E-state index is -1.08. The van der Waals surface area contributed by atoms with Gasteiger partial charge in [0.05, 0.1) is 0 Å². The van der Waals surface area contributed by atoms with Crippen molar-refractivity contribution in [3.63, 3.8) is 0 Å². The first kappa shape index (κ1) is 29.5. The van der Waals surface area contributed by atoms with Gasteiger partial charge in [-0.3, -0.25) is 0 Å². The standard InChI is InChI=1S/C10H16.3C2H4O2.Rh/c1-6-7(2)9(4)10(5)8(6)3;3*1-2(3)4;/h6H,1-5H3;3*1H3,(H,3,4);/q;;;;+3/p-3. The fraction of sp³-hybridized carbons (Fsp3) is 0.562. The molecule has 0 saturated heterocycles. The molecule has 0 aromatic carbocycles. The van der Waals surface area contributed by atoms with Gasteiger partial charge in [-0.15, -0.1) is 0 Å². The van der Waals surface area contributed by atoms with Gasteiger partial charge >= 0.3 is 19.5 Å². The molecule has 23 heavy (non-hydrogen) atoms. The number of hydrogen-bond acceptors (Lipinski definition) is 6. The molecule has 0 aromatic rings. The largest absolute Gasteiger partial charge is 3.00 e. The van der Waals surface area contributed by atoms with Crippen molar-refractivity contribution >= 4 is 17.9 Å². The van der Waals surface area contributed by atoms with Crippen LogP contribution in [0.3, 0.4) is 0 Å². The van der Waals surface area contributed by atoms with Crippen LogP contribution in [0.4, 0.5) is 0 Å². The molecule has 0 aliphatic heterocycles. The topological polar surface area (TPSA) is 120 Å². The molecule has 0 atom stereocenters. The Hall–Kier alpha value is -1.49. The summed E-state index contributed by atoms with van der Waals surface area (Å²) in [5.74, 6) is -2.56. The molecular weight excluding hydrogens is 391 g/mol. The molecule has 1 aliphatic carbocycles. The van der Waals surface area contributed by atoms with Crippen molar-refractivity contribution in [2.45, 2.75) is 55.4 Å². The van der Waals surface area contributed by atoms with E-state index in [9.17, 15) is 0 Å². The van der Waals surface area contributed by atoms with Crippen molar-refractivity contribution in [3.05, 3.63) is 22.3 Å². The van der Waals surface area contributed by atoms with E-state index in [0.717, 1.165) is 20.8 Å². The summed E-state index contributed by atoms with van der Waals surface area (Å²) in [4.78, 5) is 26.7. The van der Waals surface area contributed by atoms with Gasteiger partial charge in [0, 0.05) is 17.9 Å². The van der Waals surface area contributed by atoms with Gasteiger partial charge in [0.25, 0.3) is 0 Å². The van der Waals surface area contributed by atoms with Crippen LogP contribution in [-0.4, -0.2) is 17.9 Å². The van der Waals surface area contributed by atoms with E-state index in [2.05, 4.69) is 34.6 Å². The number of allylic oxidation sites excluding steroid dienone is 4. The zero-order chi connectivity index (χ0) is 18.6. The Morgan fingerprint density at radius 3 is 0.870 bits per heavy atom. The second-order valence-electron chi connectivity index (χ2n) is 4.81. The molecule has 0 fully saturated rings. The Kier molecular flexibility index (Phi) is 19.8. The zero-order valence-corrected chi connectivity index (χ0v) is 16.5. The maximum absolute atomic E-state index is 8.89. The van der Waals surface area contributed by atoms with Crippen LogP contribution in [-0.2, 0) is 33.9 Å². The predicted octanol–water partition coefficient (Wildman–Crippen LogP) is -0.425. The molecule has 1 rings (SSSR count). The summed E-state index contributed by atoms with van der Waals surface area (Å²) in [7, 11) is 0. The van der Waals surface area contributed by atoms with Gasteiger partial charge in [0.2, 0.25) is 0 Å². The maximum atomic E-state index is 8.89. The molecule has 0 N–H and O–H groups in total. The summed E-state index contributed by atoms with van der Waals surface area (Å²) in [5, 5.41) is 26.7. The predicted molar refractivity (Wildman–Crippen MR) is 78.0 cm³/mol. The number of aliphatic carboxylic acids is 3. The van der Waals surface area contributed by atoms with Gasteiger partial charge in [0.1, 0.15) is 0 Å². The van der Waals surface area contributed by atoms with E-state index in [1.807, 2.05) is 0 Å². The van der Waals surface area contributed by atoms with E-state index in [-0.39, 0.29) is 19.5 Å². The fourth-order valence-corrected chi connectivity index (χ4v) is 1.57. The monoisotopic (exact) mass is 416 g/mol. The molecule has 6 nitrogen and oxygen atoms in total. The molecule has 0 unspecified atom stereocenters. The minimum Gasteiger partial charge on any atom is -0.550 e. The Balaban J connectivity index is -0.000000118. The summed E-state index contributed by atoms with van der Waals surface area (Å²) in [5.41, 5.74) is 6.11. The average Bonchev–Trinajstić information content (AvgIpc) is 2.45. The second-order valence-corrected chi connectivity index (χ2v) is 4.81. The van der Waals surface area contributed by atoms with Crippen molar-refractivity contribution in [1.29, 1.82) is 0 Å². The van der Waals surface area contributed by atoms with E-state index in [0.29, 0.717) is 5.92 Å². The van der Waals surface area contributed by atoms with Crippen LogP contribution in [0.2, 0.25) is 0 Å². The Bertz CT molecular complexity index is 399. The second kappa shape index (κ2) is 15.4. The zero-order valence-electron chi connectivity index (χ0n) is 14.9. The number of hydrogen-bond donors (Lipinski definition) is 0. The normalized spacial score (nSPS) is 12.5. The van der Waals surface area contributed by atoms with Crippen LogP contribution < -0.4 is 15.3 Å². The van der Waals surface area contributed by atoms with Gasteiger partial charge in [-0.25, -0.2) is 0 Å². The molecule has 0 heterocycles. The number of carboxylic acids is 3. The van der Waals surface area contributed by atoms with Gasteiger partial charge < -0.3 is 29.7 Å². The molecule has 0 amide bonds. The average molecular weight is 416 g/mol. The van der Waals surface area contributed by atoms with E-state index >= 15 is 0 Å². The van der Waals surface area contributed by atoms with Crippen LogP contribution in [0.5, 0.6) is 0 Å².